The molecule has 0 saturated heterocycles. The van der Waals surface area contributed by atoms with Crippen LogP contribution < -0.4 is 5.14 Å². The van der Waals surface area contributed by atoms with Gasteiger partial charge in [0.05, 0.1) is 6.33 Å². The molecule has 0 unspecified atom stereocenters. The van der Waals surface area contributed by atoms with E-state index in [2.05, 4.69) is 4.98 Å². The van der Waals surface area contributed by atoms with Gasteiger partial charge in [0, 0.05) is 12.7 Å². The largest absolute Gasteiger partial charge is 0.332 e. The van der Waals surface area contributed by atoms with Crippen molar-refractivity contribution >= 4 is 10.0 Å². The Morgan fingerprint density at radius 2 is 2.00 bits per heavy atom. The lowest BCUT2D eigenvalue weighted by molar-refractivity contribution is 0.506. The van der Waals surface area contributed by atoms with Crippen LogP contribution in [0.25, 0.3) is 0 Å². The highest BCUT2D eigenvalue weighted by atomic mass is 32.2. The Labute approximate surface area is 102 Å². The van der Waals surface area contributed by atoms with Gasteiger partial charge in [-0.3, -0.25) is 0 Å². The molecule has 0 bridgehead atoms. The van der Waals surface area contributed by atoms with Crippen LogP contribution in [0.2, 0.25) is 0 Å². The molecule has 0 radical (unpaired) electrons. The molecule has 1 aromatic heterocycles. The Kier molecular flexibility index (Phi) is 3.14. The smallest absolute Gasteiger partial charge is 0.257 e. The van der Waals surface area contributed by atoms with Crippen LogP contribution in [0.1, 0.15) is 5.56 Å². The normalized spacial score (nSPS) is 11.7. The third-order valence-corrected chi connectivity index (χ3v) is 3.04. The van der Waals surface area contributed by atoms with Crippen LogP contribution in [0.3, 0.4) is 0 Å². The molecular weight excluding hydrogens is 264 g/mol. The molecule has 0 aliphatic rings. The molecule has 0 aliphatic heterocycles. The number of nitrogens with two attached hydrogens (primary N) is 1. The van der Waals surface area contributed by atoms with Crippen LogP contribution in [-0.4, -0.2) is 18.0 Å². The van der Waals surface area contributed by atoms with Crippen molar-refractivity contribution < 1.29 is 17.2 Å². The molecule has 18 heavy (non-hydrogen) atoms. The monoisotopic (exact) mass is 273 g/mol. The molecule has 8 heteroatoms. The fraction of sp³-hybridized carbons (Fsp3) is 0.100. The highest BCUT2D eigenvalue weighted by Gasteiger charge is 2.11. The van der Waals surface area contributed by atoms with Crippen molar-refractivity contribution in [2.45, 2.75) is 11.6 Å². The molecule has 0 aliphatic carbocycles. The molecule has 2 rings (SSSR count). The van der Waals surface area contributed by atoms with E-state index in [1.807, 2.05) is 0 Å². The van der Waals surface area contributed by atoms with Crippen molar-refractivity contribution in [3.8, 4) is 0 Å². The van der Waals surface area contributed by atoms with E-state index in [9.17, 15) is 17.2 Å². The number of aromatic nitrogens is 2. The lowest BCUT2D eigenvalue weighted by Crippen LogP contribution is -2.12. The molecule has 0 saturated carbocycles. The SMILES string of the molecule is NS(=O)(=O)c1cn(Cc2ccc(F)c(F)c2)cn1. The highest BCUT2D eigenvalue weighted by Crippen LogP contribution is 2.11. The molecule has 96 valence electrons. The second-order valence-corrected chi connectivity index (χ2v) is 5.19. The summed E-state index contributed by atoms with van der Waals surface area (Å²) in [6.45, 7) is 0.166. The van der Waals surface area contributed by atoms with Crippen LogP contribution in [0.4, 0.5) is 8.78 Å². The first-order valence-electron chi connectivity index (χ1n) is 4.85. The average Bonchev–Trinajstić information content (AvgIpc) is 2.72. The maximum Gasteiger partial charge on any atom is 0.257 e. The first-order valence-corrected chi connectivity index (χ1v) is 6.39. The Morgan fingerprint density at radius 3 is 2.56 bits per heavy atom. The maximum absolute atomic E-state index is 13.0. The van der Waals surface area contributed by atoms with Crippen LogP contribution in [0.5, 0.6) is 0 Å². The quantitative estimate of drug-likeness (QED) is 0.900. The fourth-order valence-electron chi connectivity index (χ4n) is 1.42. The van der Waals surface area contributed by atoms with E-state index in [0.717, 1.165) is 12.1 Å². The number of hydrogen-bond donors (Lipinski definition) is 1. The van der Waals surface area contributed by atoms with E-state index in [4.69, 9.17) is 5.14 Å². The Balaban J connectivity index is 2.24. The number of halogens is 2. The summed E-state index contributed by atoms with van der Waals surface area (Å²) < 4.78 is 49.1. The van der Waals surface area contributed by atoms with Gasteiger partial charge in [-0.1, -0.05) is 6.07 Å². The van der Waals surface area contributed by atoms with Crippen molar-refractivity contribution in [1.29, 1.82) is 0 Å². The number of sulfonamides is 1. The summed E-state index contributed by atoms with van der Waals surface area (Å²) in [5.41, 5.74) is 0.479. The summed E-state index contributed by atoms with van der Waals surface area (Å²) >= 11 is 0. The van der Waals surface area contributed by atoms with Gasteiger partial charge in [-0.25, -0.2) is 27.3 Å². The molecular formula is C10H9F2N3O2S. The number of imidazole rings is 1. The van der Waals surface area contributed by atoms with Crippen LogP contribution >= 0.6 is 0 Å². The molecule has 0 atom stereocenters. The number of hydrogen-bond acceptors (Lipinski definition) is 3. The summed E-state index contributed by atoms with van der Waals surface area (Å²) in [5.74, 6) is -1.89. The predicted octanol–water partition coefficient (Wildman–Crippen LogP) is 0.857. The third kappa shape index (κ3) is 2.71. The summed E-state index contributed by atoms with van der Waals surface area (Å²) in [6, 6.07) is 3.43. The van der Waals surface area contributed by atoms with Crippen LogP contribution in [-0.2, 0) is 16.6 Å². The zero-order chi connectivity index (χ0) is 13.3. The molecule has 0 amide bonds. The second kappa shape index (κ2) is 4.46. The minimum absolute atomic E-state index is 0.166. The van der Waals surface area contributed by atoms with Gasteiger partial charge < -0.3 is 4.57 Å². The minimum atomic E-state index is -3.86. The molecule has 0 spiro atoms. The third-order valence-electron chi connectivity index (χ3n) is 2.25. The van der Waals surface area contributed by atoms with Gasteiger partial charge in [-0.05, 0) is 17.7 Å². The fourth-order valence-corrected chi connectivity index (χ4v) is 1.90. The second-order valence-electron chi connectivity index (χ2n) is 3.68. The van der Waals surface area contributed by atoms with Gasteiger partial charge in [-0.2, -0.15) is 0 Å². The molecule has 2 N–H and O–H groups in total. The summed E-state index contributed by atoms with van der Waals surface area (Å²) in [5, 5.41) is 4.62. The van der Waals surface area contributed by atoms with E-state index in [1.165, 1.54) is 23.2 Å². The van der Waals surface area contributed by atoms with E-state index >= 15 is 0 Å². The zero-order valence-electron chi connectivity index (χ0n) is 9.05. The minimum Gasteiger partial charge on any atom is -0.332 e. The van der Waals surface area contributed by atoms with Gasteiger partial charge in [0.1, 0.15) is 0 Å². The van der Waals surface area contributed by atoms with Gasteiger partial charge in [0.15, 0.2) is 16.7 Å². The standard InChI is InChI=1S/C10H9F2N3O2S/c11-8-2-1-7(3-9(8)12)4-15-5-10(14-6-15)18(13,16)17/h1-3,5-6H,4H2,(H2,13,16,17). The number of nitrogens with zero attached hydrogens (tertiary/aromatic N) is 2. The number of benzene rings is 1. The van der Waals surface area contributed by atoms with Gasteiger partial charge in [-0.15, -0.1) is 0 Å². The topological polar surface area (TPSA) is 78.0 Å². The van der Waals surface area contributed by atoms with Crippen molar-refractivity contribution in [1.82, 2.24) is 9.55 Å². The van der Waals surface area contributed by atoms with E-state index in [0.29, 0.717) is 5.56 Å². The lowest BCUT2D eigenvalue weighted by atomic mass is 10.2. The number of rotatable bonds is 3. The summed E-state index contributed by atoms with van der Waals surface area (Å²) in [6.07, 6.45) is 2.47. The Bertz CT molecular complexity index is 682. The summed E-state index contributed by atoms with van der Waals surface area (Å²) in [4.78, 5) is 3.61. The van der Waals surface area contributed by atoms with Crippen LogP contribution in [0.15, 0.2) is 35.7 Å². The highest BCUT2D eigenvalue weighted by molar-refractivity contribution is 7.89. The molecule has 1 aromatic carbocycles. The molecule has 1 heterocycles. The molecule has 0 fully saturated rings. The first-order chi connectivity index (χ1) is 8.36. The van der Waals surface area contributed by atoms with Gasteiger partial charge in [0.25, 0.3) is 10.0 Å². The van der Waals surface area contributed by atoms with Crippen molar-refractivity contribution in [2.24, 2.45) is 5.14 Å². The zero-order valence-corrected chi connectivity index (χ0v) is 9.86. The maximum atomic E-state index is 13.0. The van der Waals surface area contributed by atoms with E-state index in [1.54, 1.807) is 0 Å². The van der Waals surface area contributed by atoms with E-state index in [-0.39, 0.29) is 11.6 Å². The summed E-state index contributed by atoms with van der Waals surface area (Å²) in [7, 11) is -3.86. The van der Waals surface area contributed by atoms with Crippen molar-refractivity contribution in [2.75, 3.05) is 0 Å². The van der Waals surface area contributed by atoms with Gasteiger partial charge in [0.2, 0.25) is 0 Å². The van der Waals surface area contributed by atoms with Crippen molar-refractivity contribution in [3.05, 3.63) is 47.9 Å². The van der Waals surface area contributed by atoms with Crippen molar-refractivity contribution in [3.63, 3.8) is 0 Å². The van der Waals surface area contributed by atoms with Crippen LogP contribution in [0, 0.1) is 11.6 Å². The van der Waals surface area contributed by atoms with E-state index < -0.39 is 21.7 Å². The Hall–Kier alpha value is -1.80. The first kappa shape index (κ1) is 12.7. The number of primary sulfonamides is 1. The predicted molar refractivity (Wildman–Crippen MR) is 59.1 cm³/mol. The van der Waals surface area contributed by atoms with Gasteiger partial charge >= 0.3 is 0 Å². The molecule has 5 nitrogen and oxygen atoms in total. The lowest BCUT2D eigenvalue weighted by Gasteiger charge is -2.02. The Morgan fingerprint density at radius 1 is 1.28 bits per heavy atom. The molecule has 2 aromatic rings. The average molecular weight is 273 g/mol.